The van der Waals surface area contributed by atoms with E-state index in [1.165, 1.54) is 5.56 Å². The number of rotatable bonds is 1. The highest BCUT2D eigenvalue weighted by atomic mass is 79.9. The predicted molar refractivity (Wildman–Crippen MR) is 46.1 cm³/mol. The minimum Gasteiger partial charge on any atom is -0.246 e. The summed E-state index contributed by atoms with van der Waals surface area (Å²) in [6.45, 7) is 4.14. The molecule has 0 aliphatic rings. The molecule has 0 saturated heterocycles. The summed E-state index contributed by atoms with van der Waals surface area (Å²) in [5.74, 6) is 0. The lowest BCUT2D eigenvalue weighted by Crippen LogP contribution is -1.86. The van der Waals surface area contributed by atoms with E-state index in [1.54, 1.807) is 0 Å². The number of hydrogen-bond acceptors (Lipinski definition) is 1. The van der Waals surface area contributed by atoms with E-state index in [9.17, 15) is 0 Å². The normalized spacial score (nSPS) is 9.90. The van der Waals surface area contributed by atoms with Crippen molar-refractivity contribution in [2.45, 2.75) is 20.3 Å². The van der Waals surface area contributed by atoms with Crippen LogP contribution in [0.5, 0.6) is 0 Å². The fourth-order valence-corrected chi connectivity index (χ4v) is 1.47. The van der Waals surface area contributed by atoms with Crippen molar-refractivity contribution >= 4 is 15.9 Å². The Hall–Kier alpha value is -0.370. The van der Waals surface area contributed by atoms with Crippen LogP contribution in [0.15, 0.2) is 16.7 Å². The second-order valence-corrected chi connectivity index (χ2v) is 3.11. The van der Waals surface area contributed by atoms with Crippen LogP contribution in [0.1, 0.15) is 18.2 Å². The second-order valence-electron chi connectivity index (χ2n) is 2.29. The van der Waals surface area contributed by atoms with Gasteiger partial charge in [-0.3, -0.25) is 0 Å². The third-order valence-electron chi connectivity index (χ3n) is 1.39. The van der Waals surface area contributed by atoms with Crippen LogP contribution in [0.4, 0.5) is 0 Å². The summed E-state index contributed by atoms with van der Waals surface area (Å²) in [6, 6.07) is 4.15. The Labute approximate surface area is 69.6 Å². The molecule has 0 aromatic carbocycles. The lowest BCUT2D eigenvalue weighted by atomic mass is 10.2. The quantitative estimate of drug-likeness (QED) is 0.635. The first-order valence-electron chi connectivity index (χ1n) is 3.35. The highest BCUT2D eigenvalue weighted by Crippen LogP contribution is 2.10. The van der Waals surface area contributed by atoms with Gasteiger partial charge in [0.1, 0.15) is 4.60 Å². The summed E-state index contributed by atoms with van der Waals surface area (Å²) in [5, 5.41) is 0. The molecule has 1 aromatic heterocycles. The van der Waals surface area contributed by atoms with Gasteiger partial charge in [-0.05, 0) is 47.0 Å². The van der Waals surface area contributed by atoms with Gasteiger partial charge in [-0.1, -0.05) is 6.92 Å². The van der Waals surface area contributed by atoms with E-state index in [1.807, 2.05) is 13.0 Å². The maximum Gasteiger partial charge on any atom is 0.106 e. The molecule has 1 heterocycles. The number of pyridine rings is 1. The largest absolute Gasteiger partial charge is 0.246 e. The lowest BCUT2D eigenvalue weighted by Gasteiger charge is -1.98. The maximum absolute atomic E-state index is 4.20. The van der Waals surface area contributed by atoms with Gasteiger partial charge in [-0.25, -0.2) is 4.98 Å². The maximum atomic E-state index is 4.20. The van der Waals surface area contributed by atoms with Crippen molar-refractivity contribution in [1.29, 1.82) is 0 Å². The molecule has 0 unspecified atom stereocenters. The van der Waals surface area contributed by atoms with Crippen LogP contribution < -0.4 is 0 Å². The van der Waals surface area contributed by atoms with E-state index in [4.69, 9.17) is 0 Å². The van der Waals surface area contributed by atoms with Crippen molar-refractivity contribution in [1.82, 2.24) is 4.98 Å². The van der Waals surface area contributed by atoms with E-state index in [0.717, 1.165) is 16.7 Å². The van der Waals surface area contributed by atoms with Gasteiger partial charge in [0.15, 0.2) is 0 Å². The molecule has 0 bridgehead atoms. The van der Waals surface area contributed by atoms with Crippen molar-refractivity contribution in [3.63, 3.8) is 0 Å². The van der Waals surface area contributed by atoms with Gasteiger partial charge < -0.3 is 0 Å². The molecule has 0 saturated carbocycles. The van der Waals surface area contributed by atoms with Crippen molar-refractivity contribution in [3.05, 3.63) is 28.0 Å². The zero-order chi connectivity index (χ0) is 7.56. The van der Waals surface area contributed by atoms with Gasteiger partial charge in [-0.2, -0.15) is 0 Å². The molecule has 10 heavy (non-hydrogen) atoms. The van der Waals surface area contributed by atoms with Crippen LogP contribution in [0.25, 0.3) is 0 Å². The monoisotopic (exact) mass is 199 g/mol. The Balaban J connectivity index is 3.06. The first kappa shape index (κ1) is 7.73. The van der Waals surface area contributed by atoms with E-state index < -0.39 is 0 Å². The van der Waals surface area contributed by atoms with Crippen LogP contribution in [0.2, 0.25) is 0 Å². The summed E-state index contributed by atoms with van der Waals surface area (Å²) >= 11 is 3.34. The average Bonchev–Trinajstić information content (AvgIpc) is 1.85. The molecule has 54 valence electrons. The fraction of sp³-hybridized carbons (Fsp3) is 0.375. The van der Waals surface area contributed by atoms with Gasteiger partial charge in [0.05, 0.1) is 0 Å². The van der Waals surface area contributed by atoms with E-state index in [0.29, 0.717) is 0 Å². The van der Waals surface area contributed by atoms with Gasteiger partial charge in [0, 0.05) is 5.69 Å². The summed E-state index contributed by atoms with van der Waals surface area (Å²) in [6.07, 6.45) is 1.07. The predicted octanol–water partition coefficient (Wildman–Crippen LogP) is 2.71. The van der Waals surface area contributed by atoms with Crippen LogP contribution in [-0.2, 0) is 6.42 Å². The molecule has 0 atom stereocenters. The van der Waals surface area contributed by atoms with Gasteiger partial charge in [-0.15, -0.1) is 0 Å². The Kier molecular flexibility index (Phi) is 2.44. The molecule has 0 aliphatic heterocycles. The Morgan fingerprint density at radius 3 is 2.70 bits per heavy atom. The van der Waals surface area contributed by atoms with Gasteiger partial charge in [0.2, 0.25) is 0 Å². The first-order valence-corrected chi connectivity index (χ1v) is 4.14. The van der Waals surface area contributed by atoms with Crippen LogP contribution in [-0.4, -0.2) is 4.98 Å². The summed E-state index contributed by atoms with van der Waals surface area (Å²) in [4.78, 5) is 4.20. The molecular formula is C8H10BrN. The minimum atomic E-state index is 0.935. The van der Waals surface area contributed by atoms with E-state index in [2.05, 4.69) is 33.9 Å². The van der Waals surface area contributed by atoms with E-state index >= 15 is 0 Å². The highest BCUT2D eigenvalue weighted by molar-refractivity contribution is 9.10. The molecule has 0 amide bonds. The van der Waals surface area contributed by atoms with Crippen molar-refractivity contribution in [2.24, 2.45) is 0 Å². The van der Waals surface area contributed by atoms with E-state index in [-0.39, 0.29) is 0 Å². The zero-order valence-corrected chi connectivity index (χ0v) is 7.77. The number of aromatic nitrogens is 1. The second kappa shape index (κ2) is 3.15. The zero-order valence-electron chi connectivity index (χ0n) is 6.19. The Morgan fingerprint density at radius 1 is 1.50 bits per heavy atom. The summed E-state index contributed by atoms with van der Waals surface area (Å²) in [7, 11) is 0. The molecule has 1 nitrogen and oxygen atoms in total. The van der Waals surface area contributed by atoms with Crippen LogP contribution in [0.3, 0.4) is 0 Å². The smallest absolute Gasteiger partial charge is 0.106 e. The van der Waals surface area contributed by atoms with Gasteiger partial charge >= 0.3 is 0 Å². The van der Waals surface area contributed by atoms with Crippen molar-refractivity contribution in [3.8, 4) is 0 Å². The Morgan fingerprint density at radius 2 is 2.20 bits per heavy atom. The minimum absolute atomic E-state index is 0.935. The van der Waals surface area contributed by atoms with Crippen molar-refractivity contribution < 1.29 is 0 Å². The summed E-state index contributed by atoms with van der Waals surface area (Å²) < 4.78 is 0.935. The highest BCUT2D eigenvalue weighted by Gasteiger charge is 1.93. The molecule has 0 radical (unpaired) electrons. The van der Waals surface area contributed by atoms with Crippen molar-refractivity contribution in [2.75, 3.05) is 0 Å². The topological polar surface area (TPSA) is 12.9 Å². The number of aryl methyl sites for hydroxylation is 2. The molecule has 1 rings (SSSR count). The number of hydrogen-bond donors (Lipinski definition) is 0. The molecule has 0 fully saturated rings. The molecule has 0 aliphatic carbocycles. The molecular weight excluding hydrogens is 190 g/mol. The lowest BCUT2D eigenvalue weighted by molar-refractivity contribution is 1.07. The fourth-order valence-electron chi connectivity index (χ4n) is 0.900. The standard InChI is InChI=1S/C8H10BrN/c1-3-7-4-6(2)10-8(9)5-7/h4-5H,3H2,1-2H3. The summed E-state index contributed by atoms with van der Waals surface area (Å²) in [5.41, 5.74) is 2.41. The third kappa shape index (κ3) is 1.81. The average molecular weight is 200 g/mol. The van der Waals surface area contributed by atoms with Gasteiger partial charge in [0.25, 0.3) is 0 Å². The molecule has 2 heteroatoms. The third-order valence-corrected chi connectivity index (χ3v) is 1.80. The number of nitrogens with zero attached hydrogens (tertiary/aromatic N) is 1. The van der Waals surface area contributed by atoms with Crippen LogP contribution in [0, 0.1) is 6.92 Å². The number of halogens is 1. The van der Waals surface area contributed by atoms with Crippen LogP contribution >= 0.6 is 15.9 Å². The SMILES string of the molecule is CCc1cc(C)nc(Br)c1. The molecule has 0 N–H and O–H groups in total. The first-order chi connectivity index (χ1) is 4.72. The molecule has 1 aromatic rings. The molecule has 0 spiro atoms. The Bertz CT molecular complexity index is 212.